The van der Waals surface area contributed by atoms with Gasteiger partial charge in [-0.05, 0) is 36.8 Å². The first kappa shape index (κ1) is 25.4. The molecule has 11 heteroatoms. The average molecular weight is 506 g/mol. The summed E-state index contributed by atoms with van der Waals surface area (Å²) in [6, 6.07) is 11.1. The Kier molecular flexibility index (Phi) is 8.14. The molecule has 0 radical (unpaired) electrons. The van der Waals surface area contributed by atoms with Crippen LogP contribution in [-0.4, -0.2) is 45.3 Å². The van der Waals surface area contributed by atoms with E-state index in [0.29, 0.717) is 41.0 Å². The molecule has 0 atom stereocenters. The predicted octanol–water partition coefficient (Wildman–Crippen LogP) is 3.81. The van der Waals surface area contributed by atoms with Gasteiger partial charge in [0.1, 0.15) is 29.4 Å². The summed E-state index contributed by atoms with van der Waals surface area (Å²) in [5, 5.41) is 6.68. The third-order valence-electron chi connectivity index (χ3n) is 5.29. The summed E-state index contributed by atoms with van der Waals surface area (Å²) in [6.07, 6.45) is 5.14. The number of benzene rings is 1. The zero-order chi connectivity index (χ0) is 26.2. The van der Waals surface area contributed by atoms with Crippen molar-refractivity contribution in [2.24, 2.45) is 7.05 Å². The first-order valence-corrected chi connectivity index (χ1v) is 11.6. The van der Waals surface area contributed by atoms with E-state index < -0.39 is 5.97 Å². The van der Waals surface area contributed by atoms with Gasteiger partial charge in [0.05, 0.1) is 25.6 Å². The van der Waals surface area contributed by atoms with E-state index in [1.807, 2.05) is 24.3 Å². The molecule has 1 N–H and O–H groups in total. The number of carbonyl (C=O) groups excluding carboxylic acids is 2. The quantitative estimate of drug-likeness (QED) is 0.302. The minimum absolute atomic E-state index is 0.0877. The van der Waals surface area contributed by atoms with Crippen molar-refractivity contribution in [1.82, 2.24) is 19.7 Å². The lowest BCUT2D eigenvalue weighted by molar-refractivity contribution is -0.116. The second-order valence-electron chi connectivity index (χ2n) is 8.05. The monoisotopic (exact) mass is 505 g/mol. The first-order valence-electron chi connectivity index (χ1n) is 11.6. The highest BCUT2D eigenvalue weighted by Crippen LogP contribution is 2.20. The van der Waals surface area contributed by atoms with Gasteiger partial charge >= 0.3 is 5.97 Å². The number of pyridine rings is 1. The molecule has 1 aromatic carbocycles. The molecule has 0 unspecified atom stereocenters. The Hall–Kier alpha value is -4.67. The van der Waals surface area contributed by atoms with E-state index in [-0.39, 0.29) is 25.4 Å². The second-order valence-corrected chi connectivity index (χ2v) is 8.05. The molecule has 4 rings (SSSR count). The molecular weight excluding hydrogens is 478 g/mol. The number of anilines is 1. The molecule has 0 bridgehead atoms. The number of ether oxygens (including phenoxy) is 3. The fourth-order valence-electron chi connectivity index (χ4n) is 3.43. The Bertz CT molecular complexity index is 1340. The van der Waals surface area contributed by atoms with Crippen LogP contribution in [0, 0.1) is 0 Å². The minimum atomic E-state index is -0.496. The molecule has 0 aliphatic carbocycles. The van der Waals surface area contributed by atoms with Crippen LogP contribution in [0.4, 0.5) is 5.69 Å². The molecule has 192 valence electrons. The van der Waals surface area contributed by atoms with Gasteiger partial charge in [0.25, 0.3) is 0 Å². The van der Waals surface area contributed by atoms with Gasteiger partial charge in [0.15, 0.2) is 0 Å². The predicted molar refractivity (Wildman–Crippen MR) is 133 cm³/mol. The summed E-state index contributed by atoms with van der Waals surface area (Å²) >= 11 is 0. The lowest BCUT2D eigenvalue weighted by Crippen LogP contribution is -2.15. The number of nitrogens with zero attached hydrogens (tertiary/aromatic N) is 4. The zero-order valence-electron chi connectivity index (χ0n) is 20.8. The normalized spacial score (nSPS) is 10.7. The van der Waals surface area contributed by atoms with Crippen molar-refractivity contribution < 1.29 is 28.3 Å². The van der Waals surface area contributed by atoms with E-state index in [4.69, 9.17) is 18.7 Å². The van der Waals surface area contributed by atoms with Crippen molar-refractivity contribution in [3.63, 3.8) is 0 Å². The third-order valence-corrected chi connectivity index (χ3v) is 5.29. The molecule has 4 aromatic rings. The summed E-state index contributed by atoms with van der Waals surface area (Å²) in [4.78, 5) is 33.2. The standard InChI is InChI=1S/C26H27N5O6/c1-4-35-26(33)20-14-31(2)15-22(20)28-23(32)11-12-24-29-25(30-37-24)21-10-9-19(13-27-21)36-16-17-5-7-18(34-3)8-6-17/h5-10,13-15H,4,11-12,16H2,1-3H3,(H,28,32). The molecule has 0 spiro atoms. The number of hydrogen-bond acceptors (Lipinski definition) is 9. The van der Waals surface area contributed by atoms with Gasteiger partial charge < -0.3 is 28.6 Å². The number of esters is 1. The first-order chi connectivity index (χ1) is 17.9. The molecule has 0 aliphatic rings. The van der Waals surface area contributed by atoms with Crippen molar-refractivity contribution in [2.45, 2.75) is 26.4 Å². The van der Waals surface area contributed by atoms with Crippen LogP contribution in [0.2, 0.25) is 0 Å². The summed E-state index contributed by atoms with van der Waals surface area (Å²) < 4.78 is 22.9. The van der Waals surface area contributed by atoms with Crippen LogP contribution in [0.1, 0.15) is 35.2 Å². The summed E-state index contributed by atoms with van der Waals surface area (Å²) in [6.45, 7) is 2.36. The minimum Gasteiger partial charge on any atom is -0.497 e. The van der Waals surface area contributed by atoms with E-state index in [1.165, 1.54) is 0 Å². The van der Waals surface area contributed by atoms with Crippen molar-refractivity contribution in [3.05, 3.63) is 72.0 Å². The van der Waals surface area contributed by atoms with Crippen LogP contribution >= 0.6 is 0 Å². The maximum Gasteiger partial charge on any atom is 0.341 e. The average Bonchev–Trinajstić information content (AvgIpc) is 3.53. The number of aryl methyl sites for hydroxylation is 2. The Morgan fingerprint density at radius 1 is 1.08 bits per heavy atom. The highest BCUT2D eigenvalue weighted by atomic mass is 16.5. The molecule has 11 nitrogen and oxygen atoms in total. The second kappa shape index (κ2) is 11.8. The number of amides is 1. The number of rotatable bonds is 11. The van der Waals surface area contributed by atoms with Crippen molar-refractivity contribution in [2.75, 3.05) is 19.0 Å². The summed E-state index contributed by atoms with van der Waals surface area (Å²) in [5.74, 6) is 1.20. The van der Waals surface area contributed by atoms with Crippen LogP contribution in [-0.2, 0) is 29.6 Å². The van der Waals surface area contributed by atoms with E-state index >= 15 is 0 Å². The van der Waals surface area contributed by atoms with Gasteiger partial charge in [-0.25, -0.2) is 9.78 Å². The highest BCUT2D eigenvalue weighted by molar-refractivity contribution is 6.01. The van der Waals surface area contributed by atoms with E-state index in [1.54, 1.807) is 56.4 Å². The number of aromatic nitrogens is 4. The molecular formula is C26H27N5O6. The Morgan fingerprint density at radius 2 is 1.86 bits per heavy atom. The molecule has 0 saturated carbocycles. The zero-order valence-corrected chi connectivity index (χ0v) is 20.8. The summed E-state index contributed by atoms with van der Waals surface area (Å²) in [5.41, 5.74) is 2.19. The van der Waals surface area contributed by atoms with E-state index in [9.17, 15) is 9.59 Å². The van der Waals surface area contributed by atoms with E-state index in [2.05, 4.69) is 20.4 Å². The maximum absolute atomic E-state index is 12.4. The molecule has 3 heterocycles. The number of carbonyl (C=O) groups is 2. The summed E-state index contributed by atoms with van der Waals surface area (Å²) in [7, 11) is 3.38. The van der Waals surface area contributed by atoms with Crippen LogP contribution < -0.4 is 14.8 Å². The Morgan fingerprint density at radius 3 is 2.57 bits per heavy atom. The SMILES string of the molecule is CCOC(=O)c1cn(C)cc1NC(=O)CCc1nc(-c2ccc(OCc3ccc(OC)cc3)cn2)no1. The molecule has 1 amide bonds. The molecule has 0 aliphatic heterocycles. The van der Waals surface area contributed by atoms with Crippen molar-refractivity contribution in [3.8, 4) is 23.0 Å². The van der Waals surface area contributed by atoms with Gasteiger partial charge in [0, 0.05) is 32.3 Å². The van der Waals surface area contributed by atoms with Gasteiger partial charge in [-0.1, -0.05) is 17.3 Å². The van der Waals surface area contributed by atoms with Crippen molar-refractivity contribution in [1.29, 1.82) is 0 Å². The lowest BCUT2D eigenvalue weighted by Gasteiger charge is -2.07. The van der Waals surface area contributed by atoms with Gasteiger partial charge in [-0.3, -0.25) is 4.79 Å². The van der Waals surface area contributed by atoms with Gasteiger partial charge in [0.2, 0.25) is 17.6 Å². The fraction of sp³-hybridized carbons (Fsp3) is 0.269. The molecule has 0 fully saturated rings. The van der Waals surface area contributed by atoms with Crippen LogP contribution in [0.25, 0.3) is 11.5 Å². The van der Waals surface area contributed by atoms with Gasteiger partial charge in [-0.2, -0.15) is 4.98 Å². The third kappa shape index (κ3) is 6.72. The number of hydrogen-bond donors (Lipinski definition) is 1. The molecule has 37 heavy (non-hydrogen) atoms. The fourth-order valence-corrected chi connectivity index (χ4v) is 3.43. The topological polar surface area (TPSA) is 131 Å². The van der Waals surface area contributed by atoms with Crippen LogP contribution in [0.5, 0.6) is 11.5 Å². The van der Waals surface area contributed by atoms with Crippen LogP contribution in [0.3, 0.4) is 0 Å². The largest absolute Gasteiger partial charge is 0.497 e. The smallest absolute Gasteiger partial charge is 0.341 e. The van der Waals surface area contributed by atoms with Gasteiger partial charge in [-0.15, -0.1) is 0 Å². The molecule has 0 saturated heterocycles. The Labute approximate surface area is 213 Å². The number of methoxy groups -OCH3 is 1. The lowest BCUT2D eigenvalue weighted by atomic mass is 10.2. The number of nitrogens with one attached hydrogen (secondary N) is 1. The van der Waals surface area contributed by atoms with E-state index in [0.717, 1.165) is 11.3 Å². The Balaban J connectivity index is 1.29. The maximum atomic E-state index is 12.4. The van der Waals surface area contributed by atoms with Crippen molar-refractivity contribution >= 4 is 17.6 Å². The highest BCUT2D eigenvalue weighted by Gasteiger charge is 2.18. The van der Waals surface area contributed by atoms with Crippen LogP contribution in [0.15, 0.2) is 59.5 Å². The molecule has 3 aromatic heterocycles.